The Bertz CT molecular complexity index is 459. The molecule has 3 nitrogen and oxygen atoms in total. The van der Waals surface area contributed by atoms with Crippen molar-refractivity contribution in [3.05, 3.63) is 24.0 Å². The zero-order valence-corrected chi connectivity index (χ0v) is 10.1. The summed E-state index contributed by atoms with van der Waals surface area (Å²) in [4.78, 5) is 6.61. The van der Waals surface area contributed by atoms with E-state index in [9.17, 15) is 5.11 Å². The Morgan fingerprint density at radius 3 is 3.00 bits per heavy atom. The number of aliphatic hydroxyl groups excluding tert-OH is 1. The number of pyridine rings is 1. The molecule has 0 radical (unpaired) electrons. The molecule has 1 aromatic heterocycles. The van der Waals surface area contributed by atoms with Gasteiger partial charge < -0.3 is 10.0 Å². The van der Waals surface area contributed by atoms with Gasteiger partial charge in [0.15, 0.2) is 0 Å². The maximum Gasteiger partial charge on any atom is 0.0774 e. The number of anilines is 1. The van der Waals surface area contributed by atoms with Gasteiger partial charge in [-0.15, -0.1) is 0 Å². The lowest BCUT2D eigenvalue weighted by molar-refractivity contribution is 0.0966. The molecule has 3 aliphatic rings. The molecule has 2 heterocycles. The third kappa shape index (κ3) is 1.18. The van der Waals surface area contributed by atoms with E-state index in [0.29, 0.717) is 12.0 Å². The van der Waals surface area contributed by atoms with Gasteiger partial charge in [0.2, 0.25) is 0 Å². The predicted octanol–water partition coefficient (Wildman–Crippen LogP) is 1.60. The van der Waals surface area contributed by atoms with Crippen LogP contribution in [0.3, 0.4) is 0 Å². The molecule has 0 amide bonds. The quantitative estimate of drug-likeness (QED) is 0.796. The van der Waals surface area contributed by atoms with Crippen LogP contribution in [0.1, 0.15) is 18.4 Å². The lowest BCUT2D eigenvalue weighted by atomic mass is 9.88. The molecule has 2 aliphatic carbocycles. The van der Waals surface area contributed by atoms with Crippen molar-refractivity contribution in [3.8, 4) is 0 Å². The lowest BCUT2D eigenvalue weighted by Gasteiger charge is -2.31. The minimum absolute atomic E-state index is 0.105. The fourth-order valence-electron chi connectivity index (χ4n) is 4.48. The van der Waals surface area contributed by atoms with Gasteiger partial charge in [-0.1, -0.05) is 0 Å². The molecule has 5 atom stereocenters. The predicted molar refractivity (Wildman–Crippen MR) is 65.8 cm³/mol. The van der Waals surface area contributed by atoms with Gasteiger partial charge in [-0.05, 0) is 49.1 Å². The standard InChI is InChI=1S/C14H18N2O/c1-8-6-15-3-2-12(8)16-7-10-4-9-5-11(10)13(16)14(9)17/h2-3,6,9-11,13-14,17H,4-5,7H2,1H3. The van der Waals surface area contributed by atoms with E-state index in [-0.39, 0.29) is 6.10 Å². The molecule has 90 valence electrons. The van der Waals surface area contributed by atoms with E-state index in [1.165, 1.54) is 24.1 Å². The highest BCUT2D eigenvalue weighted by atomic mass is 16.3. The molecule has 5 unspecified atom stereocenters. The van der Waals surface area contributed by atoms with Crippen LogP contribution in [0.15, 0.2) is 18.5 Å². The van der Waals surface area contributed by atoms with E-state index < -0.39 is 0 Å². The van der Waals surface area contributed by atoms with Crippen LogP contribution in [-0.2, 0) is 0 Å². The fourth-order valence-corrected chi connectivity index (χ4v) is 4.48. The largest absolute Gasteiger partial charge is 0.391 e. The average molecular weight is 230 g/mol. The van der Waals surface area contributed by atoms with E-state index in [2.05, 4.69) is 22.9 Å². The summed E-state index contributed by atoms with van der Waals surface area (Å²) < 4.78 is 0. The van der Waals surface area contributed by atoms with Crippen molar-refractivity contribution in [1.29, 1.82) is 0 Å². The van der Waals surface area contributed by atoms with Gasteiger partial charge in [0.1, 0.15) is 0 Å². The minimum Gasteiger partial charge on any atom is -0.391 e. The maximum absolute atomic E-state index is 10.4. The number of hydrogen-bond donors (Lipinski definition) is 1. The Balaban J connectivity index is 1.75. The Hall–Kier alpha value is -1.09. The first-order valence-corrected chi connectivity index (χ1v) is 6.61. The van der Waals surface area contributed by atoms with Gasteiger partial charge in [-0.2, -0.15) is 0 Å². The summed E-state index contributed by atoms with van der Waals surface area (Å²) in [6, 6.07) is 2.47. The lowest BCUT2D eigenvalue weighted by Crippen LogP contribution is -2.41. The highest BCUT2D eigenvalue weighted by Gasteiger charge is 2.58. The third-order valence-electron chi connectivity index (χ3n) is 5.15. The Labute approximate surface area is 101 Å². The molecule has 2 saturated carbocycles. The van der Waals surface area contributed by atoms with Crippen LogP contribution in [0.25, 0.3) is 0 Å². The summed E-state index contributed by atoms with van der Waals surface area (Å²) in [5.41, 5.74) is 2.50. The van der Waals surface area contributed by atoms with Crippen molar-refractivity contribution in [3.63, 3.8) is 0 Å². The van der Waals surface area contributed by atoms with E-state index in [1.807, 2.05) is 12.4 Å². The molecular weight excluding hydrogens is 212 g/mol. The number of aryl methyl sites for hydroxylation is 1. The molecular formula is C14H18N2O. The van der Waals surface area contributed by atoms with Crippen LogP contribution in [0.2, 0.25) is 0 Å². The van der Waals surface area contributed by atoms with Gasteiger partial charge in [-0.25, -0.2) is 0 Å². The third-order valence-corrected chi connectivity index (χ3v) is 5.15. The highest BCUT2D eigenvalue weighted by molar-refractivity contribution is 5.55. The zero-order valence-electron chi connectivity index (χ0n) is 10.1. The summed E-state index contributed by atoms with van der Waals surface area (Å²) in [7, 11) is 0. The van der Waals surface area contributed by atoms with Crippen molar-refractivity contribution in [1.82, 2.24) is 4.98 Å². The number of aromatic nitrogens is 1. The SMILES string of the molecule is Cc1cnccc1N1CC2CC3CC2C1C3O. The molecule has 3 heteroatoms. The second-order valence-corrected chi connectivity index (χ2v) is 5.95. The molecule has 0 aromatic carbocycles. The molecule has 1 aliphatic heterocycles. The fraction of sp³-hybridized carbons (Fsp3) is 0.643. The summed E-state index contributed by atoms with van der Waals surface area (Å²) >= 11 is 0. The molecule has 17 heavy (non-hydrogen) atoms. The molecule has 0 spiro atoms. The van der Waals surface area contributed by atoms with Crippen molar-refractivity contribution in [2.24, 2.45) is 17.8 Å². The summed E-state index contributed by atoms with van der Waals surface area (Å²) in [5, 5.41) is 10.4. The van der Waals surface area contributed by atoms with Crippen molar-refractivity contribution in [2.45, 2.75) is 31.9 Å². The first-order valence-electron chi connectivity index (χ1n) is 6.61. The normalized spacial score (nSPS) is 42.5. The average Bonchev–Trinajstić information content (AvgIpc) is 2.90. The summed E-state index contributed by atoms with van der Waals surface area (Å²) in [6.45, 7) is 3.25. The number of aliphatic hydroxyl groups is 1. The van der Waals surface area contributed by atoms with Gasteiger partial charge in [0.25, 0.3) is 0 Å². The number of nitrogens with zero attached hydrogens (tertiary/aromatic N) is 2. The Morgan fingerprint density at radius 1 is 1.35 bits per heavy atom. The van der Waals surface area contributed by atoms with Crippen LogP contribution in [0.5, 0.6) is 0 Å². The van der Waals surface area contributed by atoms with E-state index >= 15 is 0 Å². The number of rotatable bonds is 1. The molecule has 4 rings (SSSR count). The van der Waals surface area contributed by atoms with Gasteiger partial charge in [0.05, 0.1) is 12.1 Å². The van der Waals surface area contributed by atoms with E-state index in [1.54, 1.807) is 0 Å². The zero-order chi connectivity index (χ0) is 11.6. The first-order chi connectivity index (χ1) is 8.25. The molecule has 2 bridgehead atoms. The molecule has 3 fully saturated rings. The summed E-state index contributed by atoms with van der Waals surface area (Å²) in [5.74, 6) is 2.13. The number of fused-ring (bicyclic) bond motifs is 1. The monoisotopic (exact) mass is 230 g/mol. The van der Waals surface area contributed by atoms with Crippen LogP contribution in [-0.4, -0.2) is 28.8 Å². The van der Waals surface area contributed by atoms with E-state index in [4.69, 9.17) is 0 Å². The number of hydrogen-bond acceptors (Lipinski definition) is 3. The van der Waals surface area contributed by atoms with Gasteiger partial charge >= 0.3 is 0 Å². The van der Waals surface area contributed by atoms with Crippen molar-refractivity contribution >= 4 is 5.69 Å². The van der Waals surface area contributed by atoms with Crippen LogP contribution < -0.4 is 4.90 Å². The minimum atomic E-state index is -0.105. The summed E-state index contributed by atoms with van der Waals surface area (Å²) in [6.07, 6.45) is 6.17. The highest BCUT2D eigenvalue weighted by Crippen LogP contribution is 2.55. The Kier molecular flexibility index (Phi) is 1.88. The van der Waals surface area contributed by atoms with Gasteiger partial charge in [0, 0.05) is 24.6 Å². The smallest absolute Gasteiger partial charge is 0.0774 e. The van der Waals surface area contributed by atoms with Crippen molar-refractivity contribution < 1.29 is 5.11 Å². The van der Waals surface area contributed by atoms with E-state index in [0.717, 1.165) is 18.4 Å². The first kappa shape index (κ1) is 9.89. The van der Waals surface area contributed by atoms with Crippen molar-refractivity contribution in [2.75, 3.05) is 11.4 Å². The topological polar surface area (TPSA) is 36.4 Å². The molecule has 1 N–H and O–H groups in total. The second kappa shape index (κ2) is 3.22. The molecule has 1 saturated heterocycles. The second-order valence-electron chi connectivity index (χ2n) is 5.95. The van der Waals surface area contributed by atoms with Crippen LogP contribution in [0.4, 0.5) is 5.69 Å². The van der Waals surface area contributed by atoms with Gasteiger partial charge in [-0.3, -0.25) is 4.98 Å². The van der Waals surface area contributed by atoms with Crippen LogP contribution >= 0.6 is 0 Å². The Morgan fingerprint density at radius 2 is 2.24 bits per heavy atom. The maximum atomic E-state index is 10.4. The molecule has 1 aromatic rings. The van der Waals surface area contributed by atoms with Crippen LogP contribution in [0, 0.1) is 24.7 Å².